The van der Waals surface area contributed by atoms with E-state index in [4.69, 9.17) is 21.1 Å². The maximum absolute atomic E-state index is 12.9. The van der Waals surface area contributed by atoms with E-state index in [0.717, 1.165) is 10.9 Å². The van der Waals surface area contributed by atoms with E-state index in [1.54, 1.807) is 45.9 Å². The molecule has 1 fully saturated rings. The Morgan fingerprint density at radius 1 is 1.12 bits per heavy atom. The monoisotopic (exact) mass is 463 g/mol. The molecule has 32 heavy (non-hydrogen) atoms. The van der Waals surface area contributed by atoms with Crippen LogP contribution in [0.25, 0.3) is 10.9 Å². The number of hydrogen-bond acceptors (Lipinski definition) is 5. The Balaban J connectivity index is 1.74. The predicted molar refractivity (Wildman–Crippen MR) is 122 cm³/mol. The van der Waals surface area contributed by atoms with E-state index in [-0.39, 0.29) is 23.8 Å². The molecular formula is C23H30ClN3O5. The molecule has 1 aromatic carbocycles. The van der Waals surface area contributed by atoms with Crippen LogP contribution in [0.15, 0.2) is 24.3 Å². The van der Waals surface area contributed by atoms with Crippen LogP contribution < -0.4 is 10.6 Å². The van der Waals surface area contributed by atoms with Crippen LogP contribution in [0, 0.1) is 5.92 Å². The van der Waals surface area contributed by atoms with Gasteiger partial charge in [0.1, 0.15) is 11.3 Å². The van der Waals surface area contributed by atoms with Crippen LogP contribution in [0.1, 0.15) is 57.4 Å². The molecule has 0 aliphatic heterocycles. The maximum Gasteiger partial charge on any atom is 0.407 e. The summed E-state index contributed by atoms with van der Waals surface area (Å²) in [5.74, 6) is -0.938. The van der Waals surface area contributed by atoms with Crippen molar-refractivity contribution in [2.45, 2.75) is 64.6 Å². The van der Waals surface area contributed by atoms with Crippen LogP contribution in [0.3, 0.4) is 0 Å². The molecule has 1 aliphatic rings. The molecule has 0 radical (unpaired) electrons. The van der Waals surface area contributed by atoms with Gasteiger partial charge in [0.2, 0.25) is 0 Å². The Morgan fingerprint density at radius 2 is 1.88 bits per heavy atom. The van der Waals surface area contributed by atoms with E-state index in [0.29, 0.717) is 36.6 Å². The highest BCUT2D eigenvalue weighted by molar-refractivity contribution is 6.31. The lowest BCUT2D eigenvalue weighted by molar-refractivity contribution is -0.149. The van der Waals surface area contributed by atoms with Crippen molar-refractivity contribution in [3.63, 3.8) is 0 Å². The third-order valence-corrected chi connectivity index (χ3v) is 5.55. The number of nitrogens with one attached hydrogen (secondary N) is 3. The lowest BCUT2D eigenvalue weighted by Crippen LogP contribution is -2.56. The molecular weight excluding hydrogens is 434 g/mol. The molecule has 3 atom stereocenters. The summed E-state index contributed by atoms with van der Waals surface area (Å²) in [6.45, 7) is 7.38. The van der Waals surface area contributed by atoms with Gasteiger partial charge in [-0.05, 0) is 71.2 Å². The zero-order valence-electron chi connectivity index (χ0n) is 18.8. The topological polar surface area (TPSA) is 110 Å². The van der Waals surface area contributed by atoms with Gasteiger partial charge in [0.25, 0.3) is 5.91 Å². The lowest BCUT2D eigenvalue weighted by atomic mass is 9.82. The van der Waals surface area contributed by atoms with Gasteiger partial charge in [-0.2, -0.15) is 0 Å². The fourth-order valence-electron chi connectivity index (χ4n) is 3.91. The standard InChI is InChI=1S/C23H30ClN3O5/c1-5-31-21(29)13-6-8-17(18(11-13)27-22(30)32-23(2,3)4)26-20(28)19-12-14-10-15(24)7-9-16(14)25-19/h7,9-10,12-13,17-18,25H,5-6,8,11H2,1-4H3,(H,26,28)(H,27,30)/t13-,17?,18?/m1/s1. The fraction of sp³-hybridized carbons (Fsp3) is 0.522. The summed E-state index contributed by atoms with van der Waals surface area (Å²) in [6, 6.07) is 6.23. The summed E-state index contributed by atoms with van der Waals surface area (Å²) < 4.78 is 10.5. The molecule has 1 aromatic heterocycles. The highest BCUT2D eigenvalue weighted by Crippen LogP contribution is 2.27. The van der Waals surface area contributed by atoms with Crippen LogP contribution in [-0.4, -0.2) is 47.2 Å². The first-order valence-corrected chi connectivity index (χ1v) is 11.2. The summed E-state index contributed by atoms with van der Waals surface area (Å²) in [5.41, 5.74) is 0.531. The molecule has 1 aliphatic carbocycles. The second-order valence-electron chi connectivity index (χ2n) is 9.01. The number of hydrogen-bond donors (Lipinski definition) is 3. The molecule has 2 amide bonds. The molecule has 8 nitrogen and oxygen atoms in total. The molecule has 2 aromatic rings. The molecule has 1 saturated carbocycles. The van der Waals surface area contributed by atoms with Gasteiger partial charge < -0.3 is 25.1 Å². The van der Waals surface area contributed by atoms with Crippen molar-refractivity contribution < 1.29 is 23.9 Å². The largest absolute Gasteiger partial charge is 0.466 e. The molecule has 0 saturated heterocycles. The minimum absolute atomic E-state index is 0.291. The molecule has 3 N–H and O–H groups in total. The molecule has 9 heteroatoms. The van der Waals surface area contributed by atoms with Gasteiger partial charge in [-0.3, -0.25) is 9.59 Å². The zero-order valence-corrected chi connectivity index (χ0v) is 19.5. The zero-order chi connectivity index (χ0) is 23.5. The average Bonchev–Trinajstić information content (AvgIpc) is 3.11. The van der Waals surface area contributed by atoms with E-state index in [2.05, 4.69) is 15.6 Å². The predicted octanol–water partition coefficient (Wildman–Crippen LogP) is 4.18. The second-order valence-corrected chi connectivity index (χ2v) is 9.45. The smallest absolute Gasteiger partial charge is 0.407 e. The number of alkyl carbamates (subject to hydrolysis) is 1. The van der Waals surface area contributed by atoms with E-state index in [1.165, 1.54) is 0 Å². The summed E-state index contributed by atoms with van der Waals surface area (Å²) in [6.07, 6.45) is 0.831. The van der Waals surface area contributed by atoms with Gasteiger partial charge in [0.05, 0.1) is 18.6 Å². The number of fused-ring (bicyclic) bond motifs is 1. The summed E-state index contributed by atoms with van der Waals surface area (Å²) in [4.78, 5) is 40.7. The van der Waals surface area contributed by atoms with E-state index in [9.17, 15) is 14.4 Å². The summed E-state index contributed by atoms with van der Waals surface area (Å²) in [5, 5.41) is 7.24. The van der Waals surface area contributed by atoms with Gasteiger partial charge in [-0.15, -0.1) is 0 Å². The van der Waals surface area contributed by atoms with Gasteiger partial charge in [0, 0.05) is 22.0 Å². The van der Waals surface area contributed by atoms with Crippen LogP contribution >= 0.6 is 11.6 Å². The highest BCUT2D eigenvalue weighted by Gasteiger charge is 2.37. The van der Waals surface area contributed by atoms with Gasteiger partial charge in [-0.1, -0.05) is 11.6 Å². The molecule has 0 bridgehead atoms. The van der Waals surface area contributed by atoms with Crippen molar-refractivity contribution >= 4 is 40.5 Å². The molecule has 174 valence electrons. The van der Waals surface area contributed by atoms with Gasteiger partial charge in [-0.25, -0.2) is 4.79 Å². The van der Waals surface area contributed by atoms with Crippen molar-refractivity contribution in [1.82, 2.24) is 15.6 Å². The number of aromatic nitrogens is 1. The molecule has 0 spiro atoms. The van der Waals surface area contributed by atoms with Crippen molar-refractivity contribution in [1.29, 1.82) is 0 Å². The third-order valence-electron chi connectivity index (χ3n) is 5.32. The van der Waals surface area contributed by atoms with Crippen LogP contribution in [0.4, 0.5) is 4.79 Å². The van der Waals surface area contributed by atoms with Crippen molar-refractivity contribution in [3.8, 4) is 0 Å². The number of carbonyl (C=O) groups is 3. The molecule has 1 heterocycles. The van der Waals surface area contributed by atoms with Crippen LogP contribution in [0.5, 0.6) is 0 Å². The van der Waals surface area contributed by atoms with Crippen molar-refractivity contribution in [2.24, 2.45) is 5.92 Å². The maximum atomic E-state index is 12.9. The Kier molecular flexibility index (Phi) is 7.33. The molecule has 2 unspecified atom stereocenters. The van der Waals surface area contributed by atoms with E-state index in [1.807, 2.05) is 6.07 Å². The quantitative estimate of drug-likeness (QED) is 0.576. The first-order chi connectivity index (χ1) is 15.1. The number of rotatable bonds is 5. The SMILES string of the molecule is CCOC(=O)[C@@H]1CCC(NC(=O)c2cc3cc(Cl)ccc3[nH]2)C(NC(=O)OC(C)(C)C)C1. The normalized spacial score (nSPS) is 21.1. The number of benzene rings is 1. The van der Waals surface area contributed by atoms with Gasteiger partial charge >= 0.3 is 12.1 Å². The lowest BCUT2D eigenvalue weighted by Gasteiger charge is -2.36. The first-order valence-electron chi connectivity index (χ1n) is 10.8. The Labute approximate surface area is 192 Å². The van der Waals surface area contributed by atoms with Crippen molar-refractivity contribution in [3.05, 3.63) is 35.0 Å². The number of H-pyrrole nitrogens is 1. The van der Waals surface area contributed by atoms with E-state index >= 15 is 0 Å². The number of amides is 2. The number of aromatic amines is 1. The van der Waals surface area contributed by atoms with Crippen molar-refractivity contribution in [2.75, 3.05) is 6.61 Å². The second kappa shape index (κ2) is 9.81. The minimum Gasteiger partial charge on any atom is -0.466 e. The number of esters is 1. The third kappa shape index (κ3) is 6.16. The number of halogens is 1. The van der Waals surface area contributed by atoms with E-state index < -0.39 is 17.7 Å². The molecule has 3 rings (SSSR count). The van der Waals surface area contributed by atoms with Gasteiger partial charge in [0.15, 0.2) is 0 Å². The Morgan fingerprint density at radius 3 is 2.56 bits per heavy atom. The summed E-state index contributed by atoms with van der Waals surface area (Å²) in [7, 11) is 0. The Bertz CT molecular complexity index is 997. The highest BCUT2D eigenvalue weighted by atomic mass is 35.5. The first kappa shape index (κ1) is 23.9. The fourth-order valence-corrected chi connectivity index (χ4v) is 4.09. The Hall–Kier alpha value is -2.74. The van der Waals surface area contributed by atoms with Crippen LogP contribution in [-0.2, 0) is 14.3 Å². The average molecular weight is 464 g/mol. The number of carbonyl (C=O) groups excluding carboxylic acids is 3. The van der Waals surface area contributed by atoms with Crippen LogP contribution in [0.2, 0.25) is 5.02 Å². The number of ether oxygens (including phenoxy) is 2. The minimum atomic E-state index is -0.663. The summed E-state index contributed by atoms with van der Waals surface area (Å²) >= 11 is 6.03.